The zero-order chi connectivity index (χ0) is 10.8. The number of anilines is 1. The van der Waals surface area contributed by atoms with Crippen molar-refractivity contribution in [2.75, 3.05) is 11.9 Å². The molecule has 0 saturated carbocycles. The van der Waals surface area contributed by atoms with Gasteiger partial charge in [0.25, 0.3) is 0 Å². The Bertz CT molecular complexity index is 462. The molecule has 0 amide bonds. The minimum absolute atomic E-state index is 0.609. The van der Waals surface area contributed by atoms with Crippen LogP contribution in [0.1, 0.15) is 23.6 Å². The van der Waals surface area contributed by atoms with E-state index in [0.29, 0.717) is 5.92 Å². The van der Waals surface area contributed by atoms with Crippen LogP contribution in [0.2, 0.25) is 0 Å². The van der Waals surface area contributed by atoms with Crippen LogP contribution < -0.4 is 5.32 Å². The first kappa shape index (κ1) is 9.46. The maximum atomic E-state index is 4.07. The van der Waals surface area contributed by atoms with E-state index in [0.717, 1.165) is 13.0 Å². The Balaban J connectivity index is 1.87. The Hall–Kier alpha value is -1.77. The first-order chi connectivity index (χ1) is 7.93. The minimum Gasteiger partial charge on any atom is -0.385 e. The summed E-state index contributed by atoms with van der Waals surface area (Å²) in [4.78, 5) is 7.26. The first-order valence-electron chi connectivity index (χ1n) is 5.73. The molecule has 0 unspecified atom stereocenters. The molecule has 0 fully saturated rings. The van der Waals surface area contributed by atoms with Gasteiger partial charge in [0.15, 0.2) is 0 Å². The Labute approximate surface area is 94.9 Å². The van der Waals surface area contributed by atoms with Gasteiger partial charge in [-0.05, 0) is 30.4 Å². The molecule has 2 aromatic rings. The summed E-state index contributed by atoms with van der Waals surface area (Å²) in [5.41, 5.74) is 3.95. The second-order valence-corrected chi connectivity index (χ2v) is 4.28. The van der Waals surface area contributed by atoms with Crippen LogP contribution in [0.4, 0.5) is 5.69 Å². The number of fused-ring (bicyclic) bond motifs is 1. The number of para-hydroxylation sites is 1. The molecule has 3 heteroatoms. The van der Waals surface area contributed by atoms with Crippen LogP contribution in [0, 0.1) is 0 Å². The van der Waals surface area contributed by atoms with E-state index in [9.17, 15) is 0 Å². The highest BCUT2D eigenvalue weighted by atomic mass is 14.9. The van der Waals surface area contributed by atoms with E-state index >= 15 is 0 Å². The lowest BCUT2D eigenvalue weighted by molar-refractivity contribution is 0.617. The number of hydrogen-bond donors (Lipinski definition) is 2. The molecule has 16 heavy (non-hydrogen) atoms. The fraction of sp³-hybridized carbons (Fsp3) is 0.308. The summed E-state index contributed by atoms with van der Waals surface area (Å²) in [5, 5.41) is 3.45. The molecule has 2 heterocycles. The van der Waals surface area contributed by atoms with Crippen LogP contribution in [0.15, 0.2) is 36.8 Å². The summed E-state index contributed by atoms with van der Waals surface area (Å²) >= 11 is 0. The molecule has 0 aliphatic carbocycles. The average molecular weight is 213 g/mol. The minimum atomic E-state index is 0.609. The topological polar surface area (TPSA) is 40.7 Å². The molecule has 0 saturated heterocycles. The standard InChI is InChI=1S/C13H15N3/c1-2-4-13-12(3-1)10(5-6-15-13)7-11-8-14-9-16-11/h1-4,8-10,15H,5-7H2,(H,14,16)/t10-/m1/s1. The lowest BCUT2D eigenvalue weighted by atomic mass is 9.87. The van der Waals surface area contributed by atoms with E-state index in [1.54, 1.807) is 6.33 Å². The molecular formula is C13H15N3. The smallest absolute Gasteiger partial charge is 0.0921 e. The summed E-state index contributed by atoms with van der Waals surface area (Å²) in [6.45, 7) is 1.07. The van der Waals surface area contributed by atoms with Gasteiger partial charge in [-0.15, -0.1) is 0 Å². The Morgan fingerprint density at radius 1 is 1.31 bits per heavy atom. The quantitative estimate of drug-likeness (QED) is 0.805. The van der Waals surface area contributed by atoms with E-state index in [1.807, 2.05) is 6.20 Å². The number of nitrogens with zero attached hydrogens (tertiary/aromatic N) is 1. The van der Waals surface area contributed by atoms with Gasteiger partial charge in [-0.2, -0.15) is 0 Å². The van der Waals surface area contributed by atoms with E-state index in [2.05, 4.69) is 39.6 Å². The second-order valence-electron chi connectivity index (χ2n) is 4.28. The van der Waals surface area contributed by atoms with E-state index in [1.165, 1.54) is 23.4 Å². The van der Waals surface area contributed by atoms with E-state index in [-0.39, 0.29) is 0 Å². The fourth-order valence-electron chi connectivity index (χ4n) is 2.42. The lowest BCUT2D eigenvalue weighted by Gasteiger charge is -2.26. The van der Waals surface area contributed by atoms with Crippen molar-refractivity contribution < 1.29 is 0 Å². The number of hydrogen-bond acceptors (Lipinski definition) is 2. The summed E-state index contributed by atoms with van der Waals surface area (Å²) in [7, 11) is 0. The van der Waals surface area contributed by atoms with Crippen molar-refractivity contribution in [1.29, 1.82) is 0 Å². The van der Waals surface area contributed by atoms with Gasteiger partial charge >= 0.3 is 0 Å². The zero-order valence-electron chi connectivity index (χ0n) is 9.11. The van der Waals surface area contributed by atoms with Crippen LogP contribution in [0.25, 0.3) is 0 Å². The molecule has 0 radical (unpaired) electrons. The summed E-state index contributed by atoms with van der Waals surface area (Å²) in [6, 6.07) is 8.59. The van der Waals surface area contributed by atoms with Crippen LogP contribution in [0.3, 0.4) is 0 Å². The molecule has 3 rings (SSSR count). The molecule has 1 aliphatic rings. The average Bonchev–Trinajstić information content (AvgIpc) is 2.82. The molecule has 82 valence electrons. The molecule has 0 bridgehead atoms. The lowest BCUT2D eigenvalue weighted by Crippen LogP contribution is -2.18. The van der Waals surface area contributed by atoms with Crippen molar-refractivity contribution in [3.05, 3.63) is 48.0 Å². The Morgan fingerprint density at radius 2 is 2.25 bits per heavy atom. The van der Waals surface area contributed by atoms with Crippen LogP contribution in [-0.2, 0) is 6.42 Å². The SMILES string of the molecule is c1ccc2c(c1)NCC[C@@H]2Cc1cnc[nH]1. The Morgan fingerprint density at radius 3 is 3.12 bits per heavy atom. The highest BCUT2D eigenvalue weighted by Gasteiger charge is 2.19. The van der Waals surface area contributed by atoms with Crippen LogP contribution >= 0.6 is 0 Å². The molecule has 3 nitrogen and oxygen atoms in total. The highest BCUT2D eigenvalue weighted by Crippen LogP contribution is 2.33. The molecule has 1 aromatic heterocycles. The van der Waals surface area contributed by atoms with Gasteiger partial charge in [0, 0.05) is 24.1 Å². The number of H-pyrrole nitrogens is 1. The number of aromatic nitrogens is 2. The molecule has 1 aliphatic heterocycles. The normalized spacial score (nSPS) is 18.9. The van der Waals surface area contributed by atoms with Gasteiger partial charge in [-0.1, -0.05) is 18.2 Å². The van der Waals surface area contributed by atoms with Crippen molar-refractivity contribution >= 4 is 5.69 Å². The van der Waals surface area contributed by atoms with Gasteiger partial charge in [0.2, 0.25) is 0 Å². The van der Waals surface area contributed by atoms with Crippen molar-refractivity contribution in [1.82, 2.24) is 9.97 Å². The van der Waals surface area contributed by atoms with E-state index < -0.39 is 0 Å². The van der Waals surface area contributed by atoms with Gasteiger partial charge in [-0.25, -0.2) is 4.98 Å². The number of nitrogens with one attached hydrogen (secondary N) is 2. The van der Waals surface area contributed by atoms with Crippen molar-refractivity contribution in [2.45, 2.75) is 18.8 Å². The van der Waals surface area contributed by atoms with Crippen molar-refractivity contribution in [3.8, 4) is 0 Å². The second kappa shape index (κ2) is 4.00. The van der Waals surface area contributed by atoms with Gasteiger partial charge in [0.05, 0.1) is 6.33 Å². The number of benzene rings is 1. The zero-order valence-corrected chi connectivity index (χ0v) is 9.11. The summed E-state index contributed by atoms with van der Waals surface area (Å²) in [6.07, 6.45) is 5.92. The third kappa shape index (κ3) is 1.69. The highest BCUT2D eigenvalue weighted by molar-refractivity contribution is 5.54. The van der Waals surface area contributed by atoms with Gasteiger partial charge < -0.3 is 10.3 Å². The molecule has 2 N–H and O–H groups in total. The van der Waals surface area contributed by atoms with Crippen LogP contribution in [-0.4, -0.2) is 16.5 Å². The van der Waals surface area contributed by atoms with Crippen molar-refractivity contribution in [3.63, 3.8) is 0 Å². The molecule has 1 atom stereocenters. The summed E-state index contributed by atoms with van der Waals surface area (Å²) in [5.74, 6) is 0.609. The number of rotatable bonds is 2. The fourth-order valence-corrected chi connectivity index (χ4v) is 2.42. The third-order valence-corrected chi connectivity index (χ3v) is 3.23. The number of imidazole rings is 1. The third-order valence-electron chi connectivity index (χ3n) is 3.23. The molecule has 0 spiro atoms. The van der Waals surface area contributed by atoms with Crippen molar-refractivity contribution in [2.24, 2.45) is 0 Å². The van der Waals surface area contributed by atoms with Gasteiger partial charge in [-0.3, -0.25) is 0 Å². The van der Waals surface area contributed by atoms with Gasteiger partial charge in [0.1, 0.15) is 0 Å². The number of aromatic amines is 1. The molecule has 1 aromatic carbocycles. The van der Waals surface area contributed by atoms with E-state index in [4.69, 9.17) is 0 Å². The first-order valence-corrected chi connectivity index (χ1v) is 5.73. The largest absolute Gasteiger partial charge is 0.385 e. The predicted molar refractivity (Wildman–Crippen MR) is 64.6 cm³/mol. The van der Waals surface area contributed by atoms with Crippen LogP contribution in [0.5, 0.6) is 0 Å². The maximum Gasteiger partial charge on any atom is 0.0921 e. The monoisotopic (exact) mass is 213 g/mol. The summed E-state index contributed by atoms with van der Waals surface area (Å²) < 4.78 is 0. The maximum absolute atomic E-state index is 4.07. The molecular weight excluding hydrogens is 198 g/mol. The predicted octanol–water partition coefficient (Wildman–Crippen LogP) is 2.55. The Kier molecular flexibility index (Phi) is 2.37.